The molecule has 1 aromatic carbocycles. The molecule has 0 bridgehead atoms. The van der Waals surface area contributed by atoms with E-state index in [0.717, 1.165) is 12.1 Å². The van der Waals surface area contributed by atoms with E-state index in [4.69, 9.17) is 0 Å². The van der Waals surface area contributed by atoms with Crippen molar-refractivity contribution in [2.24, 2.45) is 5.92 Å². The molecular formula is C19H27NO. The first-order valence-corrected chi connectivity index (χ1v) is 7.70. The number of rotatable bonds is 4. The molecule has 1 unspecified atom stereocenters. The van der Waals surface area contributed by atoms with E-state index in [1.54, 1.807) is 0 Å². The number of aliphatic hydroxyl groups is 1. The molecule has 0 spiro atoms. The fraction of sp³-hybridized carbons (Fsp3) is 0.474. The normalized spacial score (nSPS) is 13.7. The maximum absolute atomic E-state index is 10.1. The van der Waals surface area contributed by atoms with Gasteiger partial charge in [-0.3, -0.25) is 0 Å². The van der Waals surface area contributed by atoms with Crippen molar-refractivity contribution in [3.63, 3.8) is 0 Å². The summed E-state index contributed by atoms with van der Waals surface area (Å²) in [6, 6.07) is 10.8. The van der Waals surface area contributed by atoms with Crippen LogP contribution in [0.15, 0.2) is 42.7 Å². The highest BCUT2D eigenvalue weighted by Crippen LogP contribution is 2.24. The molecule has 0 saturated heterocycles. The zero-order valence-electron chi connectivity index (χ0n) is 13.8. The molecule has 1 aromatic heterocycles. The summed E-state index contributed by atoms with van der Waals surface area (Å²) in [5, 5.41) is 10.1. The van der Waals surface area contributed by atoms with Crippen molar-refractivity contribution in [1.82, 2.24) is 4.57 Å². The average molecular weight is 285 g/mol. The standard InChI is InChI=1S/C19H27NO/c1-14(2)18(21)16-10-11-20(13-16)12-15-6-8-17(9-7-15)19(3,4)5/h6-11,13-14,18,21H,12H2,1-5H3. The first kappa shape index (κ1) is 15.8. The Kier molecular flexibility index (Phi) is 4.58. The van der Waals surface area contributed by atoms with Crippen LogP contribution in [-0.2, 0) is 12.0 Å². The Morgan fingerprint density at radius 3 is 2.19 bits per heavy atom. The predicted octanol–water partition coefficient (Wildman–Crippen LogP) is 4.52. The summed E-state index contributed by atoms with van der Waals surface area (Å²) in [4.78, 5) is 0. The Morgan fingerprint density at radius 2 is 1.67 bits per heavy atom. The van der Waals surface area contributed by atoms with Gasteiger partial charge >= 0.3 is 0 Å². The minimum absolute atomic E-state index is 0.195. The molecular weight excluding hydrogens is 258 g/mol. The number of nitrogens with zero attached hydrogens (tertiary/aromatic N) is 1. The predicted molar refractivity (Wildman–Crippen MR) is 88.5 cm³/mol. The van der Waals surface area contributed by atoms with Gasteiger partial charge < -0.3 is 9.67 Å². The number of benzene rings is 1. The minimum atomic E-state index is -0.380. The van der Waals surface area contributed by atoms with E-state index in [1.165, 1.54) is 11.1 Å². The molecule has 1 heterocycles. The summed E-state index contributed by atoms with van der Waals surface area (Å²) < 4.78 is 2.13. The van der Waals surface area contributed by atoms with E-state index in [0.29, 0.717) is 0 Å². The van der Waals surface area contributed by atoms with Gasteiger partial charge in [0.1, 0.15) is 0 Å². The lowest BCUT2D eigenvalue weighted by atomic mass is 9.87. The fourth-order valence-electron chi connectivity index (χ4n) is 2.44. The van der Waals surface area contributed by atoms with E-state index in [-0.39, 0.29) is 17.4 Å². The van der Waals surface area contributed by atoms with Crippen LogP contribution in [0.4, 0.5) is 0 Å². The zero-order chi connectivity index (χ0) is 15.6. The summed E-state index contributed by atoms with van der Waals surface area (Å²) >= 11 is 0. The molecule has 1 N–H and O–H groups in total. The van der Waals surface area contributed by atoms with Crippen LogP contribution in [-0.4, -0.2) is 9.67 Å². The SMILES string of the molecule is CC(C)C(O)c1ccn(Cc2ccc(C(C)(C)C)cc2)c1. The van der Waals surface area contributed by atoms with Gasteiger partial charge in [0.2, 0.25) is 0 Å². The molecule has 0 aliphatic heterocycles. The van der Waals surface area contributed by atoms with Gasteiger partial charge in [-0.05, 0) is 34.1 Å². The minimum Gasteiger partial charge on any atom is -0.388 e. The third-order valence-corrected chi connectivity index (χ3v) is 3.93. The molecule has 2 aromatic rings. The van der Waals surface area contributed by atoms with Gasteiger partial charge in [0.05, 0.1) is 6.10 Å². The fourth-order valence-corrected chi connectivity index (χ4v) is 2.44. The summed E-state index contributed by atoms with van der Waals surface area (Å²) in [6.07, 6.45) is 3.70. The maximum atomic E-state index is 10.1. The van der Waals surface area contributed by atoms with Crippen LogP contribution in [0.25, 0.3) is 0 Å². The molecule has 0 fully saturated rings. The van der Waals surface area contributed by atoms with Crippen LogP contribution < -0.4 is 0 Å². The highest BCUT2D eigenvalue weighted by Gasteiger charge is 2.14. The lowest BCUT2D eigenvalue weighted by Gasteiger charge is -2.19. The molecule has 0 aliphatic rings. The molecule has 2 nitrogen and oxygen atoms in total. The van der Waals surface area contributed by atoms with Crippen LogP contribution in [0.5, 0.6) is 0 Å². The summed E-state index contributed by atoms with van der Waals surface area (Å²) in [5.74, 6) is 0.243. The highest BCUT2D eigenvalue weighted by molar-refractivity contribution is 5.28. The molecule has 21 heavy (non-hydrogen) atoms. The molecule has 2 heteroatoms. The number of aliphatic hydroxyl groups excluding tert-OH is 1. The van der Waals surface area contributed by atoms with E-state index in [1.807, 2.05) is 32.3 Å². The molecule has 0 amide bonds. The first-order valence-electron chi connectivity index (χ1n) is 7.70. The van der Waals surface area contributed by atoms with Crippen molar-refractivity contribution in [3.05, 3.63) is 59.4 Å². The van der Waals surface area contributed by atoms with Crippen molar-refractivity contribution >= 4 is 0 Å². The average Bonchev–Trinajstić information content (AvgIpc) is 2.85. The zero-order valence-corrected chi connectivity index (χ0v) is 13.8. The Hall–Kier alpha value is -1.54. The van der Waals surface area contributed by atoms with Crippen LogP contribution in [0.2, 0.25) is 0 Å². The van der Waals surface area contributed by atoms with E-state index >= 15 is 0 Å². The van der Waals surface area contributed by atoms with Crippen molar-refractivity contribution in [3.8, 4) is 0 Å². The van der Waals surface area contributed by atoms with E-state index < -0.39 is 0 Å². The Bertz CT molecular complexity index is 572. The summed E-state index contributed by atoms with van der Waals surface area (Å²) in [5.41, 5.74) is 3.83. The van der Waals surface area contributed by atoms with Crippen LogP contribution in [0.3, 0.4) is 0 Å². The van der Waals surface area contributed by atoms with Gasteiger partial charge in [0, 0.05) is 18.9 Å². The van der Waals surface area contributed by atoms with Gasteiger partial charge in [-0.15, -0.1) is 0 Å². The molecule has 0 radical (unpaired) electrons. The number of aromatic nitrogens is 1. The molecule has 2 rings (SSSR count). The van der Waals surface area contributed by atoms with Crippen LogP contribution >= 0.6 is 0 Å². The van der Waals surface area contributed by atoms with Gasteiger partial charge in [0.15, 0.2) is 0 Å². The third-order valence-electron chi connectivity index (χ3n) is 3.93. The Morgan fingerprint density at radius 1 is 1.05 bits per heavy atom. The van der Waals surface area contributed by atoms with E-state index in [2.05, 4.69) is 49.6 Å². The maximum Gasteiger partial charge on any atom is 0.0827 e. The molecule has 0 aliphatic carbocycles. The lowest BCUT2D eigenvalue weighted by Crippen LogP contribution is -2.10. The van der Waals surface area contributed by atoms with Gasteiger partial charge in [-0.2, -0.15) is 0 Å². The molecule has 1 atom stereocenters. The number of hydrogen-bond donors (Lipinski definition) is 1. The largest absolute Gasteiger partial charge is 0.388 e. The first-order chi connectivity index (χ1) is 9.77. The second kappa shape index (κ2) is 6.07. The number of hydrogen-bond acceptors (Lipinski definition) is 1. The quantitative estimate of drug-likeness (QED) is 0.877. The van der Waals surface area contributed by atoms with Crippen molar-refractivity contribution < 1.29 is 5.11 Å². The van der Waals surface area contributed by atoms with Crippen molar-refractivity contribution in [1.29, 1.82) is 0 Å². The summed E-state index contributed by atoms with van der Waals surface area (Å²) in [7, 11) is 0. The van der Waals surface area contributed by atoms with Gasteiger partial charge in [0.25, 0.3) is 0 Å². The third kappa shape index (κ3) is 3.98. The Balaban J connectivity index is 2.09. The lowest BCUT2D eigenvalue weighted by molar-refractivity contribution is 0.127. The molecule has 0 saturated carbocycles. The van der Waals surface area contributed by atoms with Crippen LogP contribution in [0.1, 0.15) is 57.4 Å². The molecule has 114 valence electrons. The monoisotopic (exact) mass is 285 g/mol. The van der Waals surface area contributed by atoms with E-state index in [9.17, 15) is 5.11 Å². The smallest absolute Gasteiger partial charge is 0.0827 e. The Labute approximate surface area is 128 Å². The van der Waals surface area contributed by atoms with Gasteiger partial charge in [-0.1, -0.05) is 58.9 Å². The van der Waals surface area contributed by atoms with Crippen molar-refractivity contribution in [2.75, 3.05) is 0 Å². The second-order valence-corrected chi connectivity index (χ2v) is 7.25. The van der Waals surface area contributed by atoms with Gasteiger partial charge in [-0.25, -0.2) is 0 Å². The highest BCUT2D eigenvalue weighted by atomic mass is 16.3. The second-order valence-electron chi connectivity index (χ2n) is 7.25. The topological polar surface area (TPSA) is 25.2 Å². The van der Waals surface area contributed by atoms with Crippen molar-refractivity contribution in [2.45, 2.75) is 52.7 Å². The van der Waals surface area contributed by atoms with Crippen LogP contribution in [0, 0.1) is 5.92 Å². The summed E-state index contributed by atoms with van der Waals surface area (Å²) in [6.45, 7) is 11.6.